The molecular formula is C16H23N5. The van der Waals surface area contributed by atoms with E-state index >= 15 is 0 Å². The second kappa shape index (κ2) is 6.35. The van der Waals surface area contributed by atoms with Gasteiger partial charge in [0.15, 0.2) is 0 Å². The normalized spacial score (nSPS) is 19.8. The van der Waals surface area contributed by atoms with Gasteiger partial charge < -0.3 is 4.90 Å². The van der Waals surface area contributed by atoms with Gasteiger partial charge in [-0.25, -0.2) is 4.98 Å². The van der Waals surface area contributed by atoms with Crippen LogP contribution in [0, 0.1) is 5.92 Å². The molecule has 0 aliphatic carbocycles. The van der Waals surface area contributed by atoms with Crippen molar-refractivity contribution in [1.82, 2.24) is 24.6 Å². The molecule has 0 aromatic carbocycles. The van der Waals surface area contributed by atoms with Crippen molar-refractivity contribution >= 4 is 0 Å². The molecule has 1 fully saturated rings. The van der Waals surface area contributed by atoms with E-state index in [-0.39, 0.29) is 0 Å². The molecular weight excluding hydrogens is 262 g/mol. The summed E-state index contributed by atoms with van der Waals surface area (Å²) in [6, 6.07) is 2.01. The molecule has 2 aromatic rings. The topological polar surface area (TPSA) is 46.8 Å². The Morgan fingerprint density at radius 1 is 1.33 bits per heavy atom. The number of likely N-dealkylation sites (tertiary alicyclic amines) is 1. The molecule has 0 N–H and O–H groups in total. The van der Waals surface area contributed by atoms with E-state index in [1.54, 1.807) is 0 Å². The van der Waals surface area contributed by atoms with Crippen LogP contribution < -0.4 is 0 Å². The predicted molar refractivity (Wildman–Crippen MR) is 82.9 cm³/mol. The third-order valence-electron chi connectivity index (χ3n) is 4.18. The van der Waals surface area contributed by atoms with Gasteiger partial charge in [0.2, 0.25) is 0 Å². The molecule has 2 aromatic heterocycles. The fraction of sp³-hybridized carbons (Fsp3) is 0.562. The molecule has 1 atom stereocenters. The van der Waals surface area contributed by atoms with Gasteiger partial charge in [0.05, 0.1) is 17.6 Å². The number of aryl methyl sites for hydroxylation is 1. The molecule has 5 nitrogen and oxygen atoms in total. The summed E-state index contributed by atoms with van der Waals surface area (Å²) >= 11 is 0. The fourth-order valence-electron chi connectivity index (χ4n) is 3.17. The van der Waals surface area contributed by atoms with Crippen LogP contribution in [0.2, 0.25) is 0 Å². The predicted octanol–water partition coefficient (Wildman–Crippen LogP) is 2.24. The Kier molecular flexibility index (Phi) is 4.29. The van der Waals surface area contributed by atoms with Crippen LogP contribution in [0.25, 0.3) is 11.4 Å². The van der Waals surface area contributed by atoms with Crippen molar-refractivity contribution in [2.24, 2.45) is 5.92 Å². The summed E-state index contributed by atoms with van der Waals surface area (Å²) < 4.78 is 1.96. The van der Waals surface area contributed by atoms with Crippen molar-refractivity contribution in [2.75, 3.05) is 20.1 Å². The quantitative estimate of drug-likeness (QED) is 0.864. The fourth-order valence-corrected chi connectivity index (χ4v) is 3.17. The number of aromatic nitrogens is 4. The average molecular weight is 285 g/mol. The molecule has 5 heteroatoms. The number of nitrogens with zero attached hydrogens (tertiary/aromatic N) is 5. The minimum Gasteiger partial charge on any atom is -0.306 e. The van der Waals surface area contributed by atoms with E-state index in [1.165, 1.54) is 25.9 Å². The minimum absolute atomic E-state index is 0.699. The van der Waals surface area contributed by atoms with E-state index in [0.29, 0.717) is 5.92 Å². The zero-order valence-electron chi connectivity index (χ0n) is 12.9. The van der Waals surface area contributed by atoms with Gasteiger partial charge in [0.25, 0.3) is 0 Å². The van der Waals surface area contributed by atoms with Crippen LogP contribution in [-0.2, 0) is 13.0 Å². The average Bonchev–Trinajstić information content (AvgIpc) is 2.96. The van der Waals surface area contributed by atoms with Gasteiger partial charge in [0, 0.05) is 25.5 Å². The first-order chi connectivity index (χ1) is 10.3. The van der Waals surface area contributed by atoms with E-state index in [1.807, 2.05) is 29.3 Å². The molecule has 1 aliphatic rings. The highest BCUT2D eigenvalue weighted by Crippen LogP contribution is 2.21. The summed E-state index contributed by atoms with van der Waals surface area (Å²) in [5.74, 6) is 0.699. The zero-order chi connectivity index (χ0) is 14.7. The molecule has 0 amide bonds. The van der Waals surface area contributed by atoms with Gasteiger partial charge in [-0.05, 0) is 51.8 Å². The van der Waals surface area contributed by atoms with Crippen molar-refractivity contribution in [3.63, 3.8) is 0 Å². The largest absolute Gasteiger partial charge is 0.306 e. The summed E-state index contributed by atoms with van der Waals surface area (Å²) in [5.41, 5.74) is 3.07. The van der Waals surface area contributed by atoms with Gasteiger partial charge in [-0.2, -0.15) is 5.10 Å². The van der Waals surface area contributed by atoms with Crippen molar-refractivity contribution in [1.29, 1.82) is 0 Å². The van der Waals surface area contributed by atoms with Crippen LogP contribution in [0.15, 0.2) is 24.7 Å². The van der Waals surface area contributed by atoms with E-state index in [4.69, 9.17) is 4.98 Å². The maximum absolute atomic E-state index is 4.80. The Balaban J connectivity index is 1.77. The molecule has 1 aliphatic heterocycles. The van der Waals surface area contributed by atoms with Crippen LogP contribution >= 0.6 is 0 Å². The van der Waals surface area contributed by atoms with Gasteiger partial charge in [-0.1, -0.05) is 0 Å². The van der Waals surface area contributed by atoms with E-state index in [2.05, 4.69) is 29.0 Å². The van der Waals surface area contributed by atoms with Gasteiger partial charge in [-0.15, -0.1) is 0 Å². The zero-order valence-corrected chi connectivity index (χ0v) is 12.9. The molecule has 0 unspecified atom stereocenters. The molecule has 3 rings (SSSR count). The SMILES string of the molecule is CCn1nccc1-c1cncc(C[C@@H]2CCCN(C)C2)n1. The van der Waals surface area contributed by atoms with Crippen LogP contribution in [0.5, 0.6) is 0 Å². The van der Waals surface area contributed by atoms with E-state index in [9.17, 15) is 0 Å². The second-order valence-corrected chi connectivity index (χ2v) is 5.90. The van der Waals surface area contributed by atoms with Crippen LogP contribution in [-0.4, -0.2) is 44.8 Å². The molecule has 0 saturated carbocycles. The first-order valence-corrected chi connectivity index (χ1v) is 7.78. The van der Waals surface area contributed by atoms with Crippen LogP contribution in [0.1, 0.15) is 25.5 Å². The highest BCUT2D eigenvalue weighted by molar-refractivity contribution is 5.52. The van der Waals surface area contributed by atoms with Gasteiger partial charge in [-0.3, -0.25) is 9.67 Å². The summed E-state index contributed by atoms with van der Waals surface area (Å²) in [6.45, 7) is 5.32. The highest BCUT2D eigenvalue weighted by atomic mass is 15.3. The Morgan fingerprint density at radius 2 is 2.24 bits per heavy atom. The maximum atomic E-state index is 4.80. The monoisotopic (exact) mass is 285 g/mol. The lowest BCUT2D eigenvalue weighted by Gasteiger charge is -2.29. The Hall–Kier alpha value is -1.75. The number of rotatable bonds is 4. The molecule has 3 heterocycles. The molecule has 1 saturated heterocycles. The summed E-state index contributed by atoms with van der Waals surface area (Å²) in [5, 5.41) is 4.31. The third kappa shape index (κ3) is 3.29. The molecule has 112 valence electrons. The summed E-state index contributed by atoms with van der Waals surface area (Å²) in [6.07, 6.45) is 9.17. The molecule has 21 heavy (non-hydrogen) atoms. The van der Waals surface area contributed by atoms with Crippen molar-refractivity contribution in [3.05, 3.63) is 30.4 Å². The van der Waals surface area contributed by atoms with Crippen LogP contribution in [0.3, 0.4) is 0 Å². The molecule has 0 bridgehead atoms. The standard InChI is InChI=1S/C16H23N5/c1-3-21-16(6-7-18-21)15-11-17-10-14(19-15)9-13-5-4-8-20(2)12-13/h6-7,10-11,13H,3-5,8-9,12H2,1-2H3/t13-/m0/s1. The summed E-state index contributed by atoms with van der Waals surface area (Å²) in [4.78, 5) is 11.6. The van der Waals surface area contributed by atoms with Crippen molar-refractivity contribution < 1.29 is 0 Å². The minimum atomic E-state index is 0.699. The lowest BCUT2D eigenvalue weighted by atomic mass is 9.94. The van der Waals surface area contributed by atoms with Crippen molar-refractivity contribution in [2.45, 2.75) is 32.7 Å². The number of hydrogen-bond acceptors (Lipinski definition) is 4. The molecule has 0 spiro atoms. The lowest BCUT2D eigenvalue weighted by Crippen LogP contribution is -2.33. The Bertz CT molecular complexity index is 592. The van der Waals surface area contributed by atoms with Crippen molar-refractivity contribution in [3.8, 4) is 11.4 Å². The lowest BCUT2D eigenvalue weighted by molar-refractivity contribution is 0.208. The Labute approximate surface area is 126 Å². The Morgan fingerprint density at radius 3 is 3.05 bits per heavy atom. The van der Waals surface area contributed by atoms with Gasteiger partial charge >= 0.3 is 0 Å². The first kappa shape index (κ1) is 14.2. The first-order valence-electron chi connectivity index (χ1n) is 7.78. The summed E-state index contributed by atoms with van der Waals surface area (Å²) in [7, 11) is 2.20. The van der Waals surface area contributed by atoms with Gasteiger partial charge in [0.1, 0.15) is 5.69 Å². The third-order valence-corrected chi connectivity index (χ3v) is 4.18. The van der Waals surface area contributed by atoms with E-state index in [0.717, 1.165) is 30.0 Å². The number of piperidine rings is 1. The number of hydrogen-bond donors (Lipinski definition) is 0. The molecule has 0 radical (unpaired) electrons. The maximum Gasteiger partial charge on any atom is 0.107 e. The second-order valence-electron chi connectivity index (χ2n) is 5.90. The highest BCUT2D eigenvalue weighted by Gasteiger charge is 2.18. The van der Waals surface area contributed by atoms with Crippen LogP contribution in [0.4, 0.5) is 0 Å². The van der Waals surface area contributed by atoms with E-state index < -0.39 is 0 Å². The smallest absolute Gasteiger partial charge is 0.107 e.